The molecule has 1 amide bonds. The van der Waals surface area contributed by atoms with Crippen molar-refractivity contribution in [3.05, 3.63) is 54.4 Å². The maximum absolute atomic E-state index is 12.3. The molecule has 0 saturated heterocycles. The lowest BCUT2D eigenvalue weighted by Crippen LogP contribution is -2.36. The molecule has 1 aromatic heterocycles. The highest BCUT2D eigenvalue weighted by atomic mass is 16.1. The summed E-state index contributed by atoms with van der Waals surface area (Å²) in [5.41, 5.74) is 1.76. The molecule has 2 aromatic rings. The fourth-order valence-corrected chi connectivity index (χ4v) is 2.83. The van der Waals surface area contributed by atoms with Crippen LogP contribution in [0.3, 0.4) is 0 Å². The van der Waals surface area contributed by atoms with E-state index in [2.05, 4.69) is 5.32 Å². The van der Waals surface area contributed by atoms with Gasteiger partial charge in [0.2, 0.25) is 0 Å². The van der Waals surface area contributed by atoms with Crippen LogP contribution in [-0.4, -0.2) is 16.5 Å². The molecule has 1 N–H and O–H groups in total. The largest absolute Gasteiger partial charge is 0.349 e. The lowest BCUT2D eigenvalue weighted by atomic mass is 9.95. The van der Waals surface area contributed by atoms with Crippen LogP contribution in [0, 0.1) is 0 Å². The molecule has 0 aliphatic heterocycles. The van der Waals surface area contributed by atoms with Crippen LogP contribution in [0.2, 0.25) is 0 Å². The lowest BCUT2D eigenvalue weighted by Gasteiger charge is -2.22. The number of carbonyl (C=O) groups excluding carboxylic acids is 1. The Labute approximate surface area is 119 Å². The summed E-state index contributed by atoms with van der Waals surface area (Å²) in [6, 6.07) is 12.1. The number of amides is 1. The van der Waals surface area contributed by atoms with Crippen molar-refractivity contribution in [2.75, 3.05) is 0 Å². The Morgan fingerprint density at radius 1 is 1.05 bits per heavy atom. The number of hydrogen-bond donors (Lipinski definition) is 1. The van der Waals surface area contributed by atoms with Gasteiger partial charge in [-0.15, -0.1) is 0 Å². The van der Waals surface area contributed by atoms with Gasteiger partial charge in [0.15, 0.2) is 0 Å². The van der Waals surface area contributed by atoms with Crippen LogP contribution >= 0.6 is 0 Å². The third-order valence-electron chi connectivity index (χ3n) is 3.95. The molecule has 3 nitrogen and oxygen atoms in total. The van der Waals surface area contributed by atoms with Gasteiger partial charge in [0.05, 0.1) is 0 Å². The van der Waals surface area contributed by atoms with Gasteiger partial charge < -0.3 is 9.88 Å². The molecule has 0 unspecified atom stereocenters. The summed E-state index contributed by atoms with van der Waals surface area (Å²) < 4.78 is 2.01. The second-order valence-corrected chi connectivity index (χ2v) is 5.45. The molecule has 0 atom stereocenters. The zero-order valence-electron chi connectivity index (χ0n) is 11.6. The first-order valence-corrected chi connectivity index (χ1v) is 7.37. The van der Waals surface area contributed by atoms with Crippen molar-refractivity contribution in [3.63, 3.8) is 0 Å². The summed E-state index contributed by atoms with van der Waals surface area (Å²) >= 11 is 0. The van der Waals surface area contributed by atoms with Gasteiger partial charge in [0.25, 0.3) is 5.91 Å². The van der Waals surface area contributed by atoms with E-state index >= 15 is 0 Å². The number of benzene rings is 1. The Bertz CT molecular complexity index is 568. The molecule has 3 rings (SSSR count). The minimum Gasteiger partial charge on any atom is -0.349 e. The number of rotatable bonds is 3. The van der Waals surface area contributed by atoms with Crippen LogP contribution in [0.5, 0.6) is 0 Å². The van der Waals surface area contributed by atoms with E-state index in [0.29, 0.717) is 6.04 Å². The first kappa shape index (κ1) is 13.0. The van der Waals surface area contributed by atoms with Crippen molar-refractivity contribution in [1.82, 2.24) is 9.88 Å². The number of carbonyl (C=O) groups is 1. The Hall–Kier alpha value is -2.03. The summed E-state index contributed by atoms with van der Waals surface area (Å²) in [5, 5.41) is 3.16. The predicted molar refractivity (Wildman–Crippen MR) is 80.1 cm³/mol. The Balaban J connectivity index is 1.73. The topological polar surface area (TPSA) is 34.0 Å². The molecule has 1 aliphatic rings. The van der Waals surface area contributed by atoms with Gasteiger partial charge in [0.1, 0.15) is 0 Å². The van der Waals surface area contributed by atoms with Crippen molar-refractivity contribution in [3.8, 4) is 5.69 Å². The fraction of sp³-hybridized carbons (Fsp3) is 0.353. The third kappa shape index (κ3) is 2.93. The smallest absolute Gasteiger partial charge is 0.251 e. The summed E-state index contributed by atoms with van der Waals surface area (Å²) in [4.78, 5) is 12.3. The van der Waals surface area contributed by atoms with E-state index < -0.39 is 0 Å². The molecule has 1 heterocycles. The summed E-state index contributed by atoms with van der Waals surface area (Å²) in [5.74, 6) is 0.0471. The normalized spacial score (nSPS) is 16.0. The highest BCUT2D eigenvalue weighted by molar-refractivity contribution is 5.94. The van der Waals surface area contributed by atoms with E-state index in [4.69, 9.17) is 0 Å². The molecule has 1 fully saturated rings. The van der Waals surface area contributed by atoms with Crippen LogP contribution in [0.15, 0.2) is 48.8 Å². The Kier molecular flexibility index (Phi) is 3.86. The van der Waals surface area contributed by atoms with Crippen LogP contribution in [0.25, 0.3) is 5.69 Å². The Morgan fingerprint density at radius 2 is 1.80 bits per heavy atom. The van der Waals surface area contributed by atoms with Crippen LogP contribution < -0.4 is 5.32 Å². The van der Waals surface area contributed by atoms with Gasteiger partial charge in [-0.1, -0.05) is 25.3 Å². The molecular formula is C17H20N2O. The van der Waals surface area contributed by atoms with Crippen molar-refractivity contribution < 1.29 is 4.79 Å². The van der Waals surface area contributed by atoms with E-state index in [0.717, 1.165) is 24.1 Å². The van der Waals surface area contributed by atoms with Gasteiger partial charge >= 0.3 is 0 Å². The molecular weight excluding hydrogens is 248 g/mol. The molecule has 0 spiro atoms. The first-order chi connectivity index (χ1) is 9.83. The van der Waals surface area contributed by atoms with E-state index in [1.807, 2.05) is 53.4 Å². The minimum atomic E-state index is 0.0471. The zero-order valence-corrected chi connectivity index (χ0v) is 11.6. The van der Waals surface area contributed by atoms with Gasteiger partial charge in [-0.25, -0.2) is 0 Å². The molecule has 0 bridgehead atoms. The minimum absolute atomic E-state index is 0.0471. The number of aromatic nitrogens is 1. The number of nitrogens with zero attached hydrogens (tertiary/aromatic N) is 1. The van der Waals surface area contributed by atoms with Gasteiger partial charge in [-0.2, -0.15) is 0 Å². The van der Waals surface area contributed by atoms with Crippen molar-refractivity contribution in [1.29, 1.82) is 0 Å². The molecule has 3 heteroatoms. The van der Waals surface area contributed by atoms with Gasteiger partial charge in [-0.05, 0) is 43.2 Å². The highest BCUT2D eigenvalue weighted by Crippen LogP contribution is 2.18. The average Bonchev–Trinajstić information content (AvgIpc) is 3.03. The van der Waals surface area contributed by atoms with E-state index in [1.165, 1.54) is 19.3 Å². The first-order valence-electron chi connectivity index (χ1n) is 7.37. The molecule has 0 radical (unpaired) electrons. The third-order valence-corrected chi connectivity index (χ3v) is 3.95. The second-order valence-electron chi connectivity index (χ2n) is 5.45. The molecule has 1 saturated carbocycles. The number of nitrogens with one attached hydrogen (secondary N) is 1. The van der Waals surface area contributed by atoms with Crippen molar-refractivity contribution in [2.24, 2.45) is 0 Å². The second kappa shape index (κ2) is 5.95. The zero-order chi connectivity index (χ0) is 13.8. The summed E-state index contributed by atoms with van der Waals surface area (Å²) in [6.07, 6.45) is 9.96. The molecule has 20 heavy (non-hydrogen) atoms. The molecule has 104 valence electrons. The van der Waals surface area contributed by atoms with Crippen LogP contribution in [0.1, 0.15) is 42.5 Å². The highest BCUT2D eigenvalue weighted by Gasteiger charge is 2.16. The molecule has 1 aliphatic carbocycles. The van der Waals surface area contributed by atoms with E-state index in [1.54, 1.807) is 0 Å². The maximum atomic E-state index is 12.3. The maximum Gasteiger partial charge on any atom is 0.251 e. The van der Waals surface area contributed by atoms with Crippen LogP contribution in [0.4, 0.5) is 0 Å². The predicted octanol–water partition coefficient (Wildman–Crippen LogP) is 3.54. The van der Waals surface area contributed by atoms with E-state index in [-0.39, 0.29) is 5.91 Å². The lowest BCUT2D eigenvalue weighted by molar-refractivity contribution is 0.0927. The van der Waals surface area contributed by atoms with E-state index in [9.17, 15) is 4.79 Å². The standard InChI is InChI=1S/C17H20N2O/c20-17(18-15-8-2-1-3-9-15)14-7-6-10-16(13-14)19-11-4-5-12-19/h4-7,10-13,15H,1-3,8-9H2,(H,18,20). The average molecular weight is 268 g/mol. The van der Waals surface area contributed by atoms with Crippen molar-refractivity contribution in [2.45, 2.75) is 38.1 Å². The number of hydrogen-bond acceptors (Lipinski definition) is 1. The monoisotopic (exact) mass is 268 g/mol. The summed E-state index contributed by atoms with van der Waals surface area (Å²) in [7, 11) is 0. The van der Waals surface area contributed by atoms with Gasteiger partial charge in [0, 0.05) is 29.7 Å². The summed E-state index contributed by atoms with van der Waals surface area (Å²) in [6.45, 7) is 0. The Morgan fingerprint density at radius 3 is 2.55 bits per heavy atom. The quantitative estimate of drug-likeness (QED) is 0.907. The molecule has 1 aromatic carbocycles. The van der Waals surface area contributed by atoms with Crippen LogP contribution in [-0.2, 0) is 0 Å². The van der Waals surface area contributed by atoms with Crippen molar-refractivity contribution >= 4 is 5.91 Å². The fourth-order valence-electron chi connectivity index (χ4n) is 2.83. The van der Waals surface area contributed by atoms with Gasteiger partial charge in [-0.3, -0.25) is 4.79 Å². The SMILES string of the molecule is O=C(NC1CCCCC1)c1cccc(-n2cccc2)c1.